The summed E-state index contributed by atoms with van der Waals surface area (Å²) in [6, 6.07) is 19.1. The van der Waals surface area contributed by atoms with E-state index >= 15 is 0 Å². The van der Waals surface area contributed by atoms with Gasteiger partial charge in [0.25, 0.3) is 5.91 Å². The fraction of sp³-hybridized carbons (Fsp3) is 0.364. The number of carbonyl (C=O) groups is 3. The highest BCUT2D eigenvalue weighted by atomic mass is 19.1. The van der Waals surface area contributed by atoms with Crippen molar-refractivity contribution in [1.29, 1.82) is 5.26 Å². The van der Waals surface area contributed by atoms with Crippen molar-refractivity contribution in [1.82, 2.24) is 10.3 Å². The Hall–Kier alpha value is -4.58. The second kappa shape index (κ2) is 12.9. The average molecular weight is 568 g/mol. The van der Waals surface area contributed by atoms with Crippen LogP contribution in [0.1, 0.15) is 68.1 Å². The lowest BCUT2D eigenvalue weighted by molar-refractivity contribution is -0.129. The number of fused-ring (bicyclic) bond motifs is 1. The maximum absolute atomic E-state index is 13.9. The predicted molar refractivity (Wildman–Crippen MR) is 157 cm³/mol. The maximum atomic E-state index is 13.9. The normalized spacial score (nSPS) is 19.7. The molecule has 2 aromatic carbocycles. The van der Waals surface area contributed by atoms with E-state index in [9.17, 15) is 18.8 Å². The summed E-state index contributed by atoms with van der Waals surface area (Å²) >= 11 is 0. The van der Waals surface area contributed by atoms with Crippen LogP contribution in [0.2, 0.25) is 0 Å². The molecule has 3 aromatic rings. The zero-order valence-electron chi connectivity index (χ0n) is 23.5. The quantitative estimate of drug-likeness (QED) is 0.414. The molecule has 6 rings (SSSR count). The predicted octanol–water partition coefficient (Wildman–Crippen LogP) is 5.16. The highest BCUT2D eigenvalue weighted by Gasteiger charge is 2.50. The summed E-state index contributed by atoms with van der Waals surface area (Å²) in [6.45, 7) is 0.709. The Morgan fingerprint density at radius 3 is 2.60 bits per heavy atom. The van der Waals surface area contributed by atoms with Gasteiger partial charge in [-0.3, -0.25) is 24.2 Å². The number of nitrogens with one attached hydrogen (secondary N) is 1. The maximum Gasteiger partial charge on any atom is 0.251 e. The zero-order chi connectivity index (χ0) is 29.5. The summed E-state index contributed by atoms with van der Waals surface area (Å²) in [7, 11) is 0. The monoisotopic (exact) mass is 567 g/mol. The molecule has 2 aliphatic carbocycles. The molecule has 216 valence electrons. The van der Waals surface area contributed by atoms with Crippen molar-refractivity contribution in [3.05, 3.63) is 89.4 Å². The first kappa shape index (κ1) is 28.9. The third-order valence-electron chi connectivity index (χ3n) is 8.36. The summed E-state index contributed by atoms with van der Waals surface area (Å²) in [5.74, 6) is 0.0818. The third kappa shape index (κ3) is 5.89. The fourth-order valence-corrected chi connectivity index (χ4v) is 6.26. The van der Waals surface area contributed by atoms with Gasteiger partial charge in [-0.25, -0.2) is 9.37 Å². The van der Waals surface area contributed by atoms with Crippen molar-refractivity contribution in [2.24, 2.45) is 0 Å². The highest BCUT2D eigenvalue weighted by Crippen LogP contribution is 2.44. The second-order valence-corrected chi connectivity index (χ2v) is 10.9. The van der Waals surface area contributed by atoms with Crippen LogP contribution < -0.4 is 15.1 Å². The van der Waals surface area contributed by atoms with Crippen molar-refractivity contribution in [2.75, 3.05) is 16.3 Å². The minimum Gasteiger partial charge on any atom is -0.351 e. The van der Waals surface area contributed by atoms with E-state index in [-0.39, 0.29) is 17.9 Å². The molecule has 0 bridgehead atoms. The van der Waals surface area contributed by atoms with Crippen LogP contribution >= 0.6 is 0 Å². The van der Waals surface area contributed by atoms with E-state index in [1.807, 2.05) is 30.3 Å². The van der Waals surface area contributed by atoms with Crippen molar-refractivity contribution >= 4 is 29.7 Å². The number of benzene rings is 2. The minimum absolute atomic E-state index is 0.0904. The first-order valence-corrected chi connectivity index (χ1v) is 14.5. The topological polar surface area (TPSA) is 106 Å². The minimum atomic E-state index is -1.15. The lowest BCUT2D eigenvalue weighted by Crippen LogP contribution is -2.57. The van der Waals surface area contributed by atoms with Gasteiger partial charge in [0, 0.05) is 30.9 Å². The van der Waals surface area contributed by atoms with Gasteiger partial charge in [-0.1, -0.05) is 49.6 Å². The van der Waals surface area contributed by atoms with Crippen molar-refractivity contribution in [2.45, 2.75) is 69.4 Å². The molecule has 8 nitrogen and oxygen atoms in total. The van der Waals surface area contributed by atoms with E-state index < -0.39 is 11.4 Å². The molecule has 1 aromatic heterocycles. The lowest BCUT2D eigenvalue weighted by Gasteiger charge is -2.39. The molecule has 42 heavy (non-hydrogen) atoms. The molecule has 1 unspecified atom stereocenters. The number of anilines is 2. The van der Waals surface area contributed by atoms with Crippen LogP contribution in [0.4, 0.5) is 15.9 Å². The Kier molecular flexibility index (Phi) is 8.91. The Labute approximate surface area is 245 Å². The average Bonchev–Trinajstić information content (AvgIpc) is 3.63. The number of pyridine rings is 1. The van der Waals surface area contributed by atoms with Gasteiger partial charge < -0.3 is 5.32 Å². The van der Waals surface area contributed by atoms with Gasteiger partial charge in [-0.15, -0.1) is 0 Å². The van der Waals surface area contributed by atoms with Crippen LogP contribution in [0.15, 0.2) is 66.9 Å². The molecular formula is C33H34FN5O3. The number of nitrogens with zero attached hydrogens (tertiary/aromatic N) is 4. The Balaban J connectivity index is 0.000000211. The zero-order valence-corrected chi connectivity index (χ0v) is 23.5. The molecule has 2 fully saturated rings. The van der Waals surface area contributed by atoms with Crippen LogP contribution in [-0.2, 0) is 26.3 Å². The first-order valence-electron chi connectivity index (χ1n) is 14.5. The summed E-state index contributed by atoms with van der Waals surface area (Å²) < 4.78 is 13.9. The van der Waals surface area contributed by atoms with E-state index in [2.05, 4.69) is 10.3 Å². The number of amides is 3. The van der Waals surface area contributed by atoms with Gasteiger partial charge in [-0.05, 0) is 73.6 Å². The molecule has 0 spiro atoms. The van der Waals surface area contributed by atoms with Crippen LogP contribution in [0.25, 0.3) is 0 Å². The number of aryl methyl sites for hydroxylation is 1. The fourth-order valence-electron chi connectivity index (χ4n) is 6.26. The van der Waals surface area contributed by atoms with Gasteiger partial charge >= 0.3 is 0 Å². The summed E-state index contributed by atoms with van der Waals surface area (Å²) in [5, 5.41) is 11.9. The summed E-state index contributed by atoms with van der Waals surface area (Å²) in [6.07, 6.45) is 10.2. The number of hydrogen-bond donors (Lipinski definition) is 1. The van der Waals surface area contributed by atoms with Gasteiger partial charge in [-0.2, -0.15) is 5.26 Å². The molecule has 1 atom stereocenters. The molecular weight excluding hydrogens is 533 g/mol. The van der Waals surface area contributed by atoms with Crippen molar-refractivity contribution < 1.29 is 18.8 Å². The van der Waals surface area contributed by atoms with E-state index in [4.69, 9.17) is 5.26 Å². The molecule has 1 saturated heterocycles. The molecule has 2 heterocycles. The molecule has 0 radical (unpaired) electrons. The summed E-state index contributed by atoms with van der Waals surface area (Å²) in [5.41, 5.74) is 1.67. The van der Waals surface area contributed by atoms with Crippen molar-refractivity contribution in [3.8, 4) is 6.07 Å². The Morgan fingerprint density at radius 2 is 1.88 bits per heavy atom. The van der Waals surface area contributed by atoms with Crippen LogP contribution in [-0.4, -0.2) is 35.8 Å². The second-order valence-electron chi connectivity index (χ2n) is 10.9. The van der Waals surface area contributed by atoms with E-state index in [1.165, 1.54) is 23.5 Å². The smallest absolute Gasteiger partial charge is 0.251 e. The van der Waals surface area contributed by atoms with E-state index in [1.54, 1.807) is 35.4 Å². The Bertz CT molecular complexity index is 1500. The number of carbonyl (C=O) groups excluding carboxylic acids is 3. The Morgan fingerprint density at radius 1 is 1.07 bits per heavy atom. The van der Waals surface area contributed by atoms with Gasteiger partial charge in [0.15, 0.2) is 5.54 Å². The van der Waals surface area contributed by atoms with Crippen LogP contribution in [0, 0.1) is 17.1 Å². The number of rotatable bonds is 6. The van der Waals surface area contributed by atoms with Gasteiger partial charge in [0.1, 0.15) is 11.6 Å². The first-order chi connectivity index (χ1) is 20.5. The molecule has 3 aliphatic rings. The number of hydrogen-bond acceptors (Lipinski definition) is 5. The van der Waals surface area contributed by atoms with Gasteiger partial charge in [0.05, 0.1) is 11.6 Å². The molecule has 1 saturated carbocycles. The number of nitriles is 1. The molecule has 3 amide bonds. The highest BCUT2D eigenvalue weighted by molar-refractivity contribution is 5.98. The summed E-state index contributed by atoms with van der Waals surface area (Å²) in [4.78, 5) is 44.4. The molecule has 9 heteroatoms. The standard InChI is InChI=1S/C23H25FN2O2.C10H9N3O/c24-18-8-6-11-20(15-18)26(16-27)23(14-13-17-7-4-5-12-21(17)23)22(28)25-19-9-2-1-3-10-19;11-7-8-3-4-12-9(6-8)13-5-1-2-10(13)14/h4-8,11-12,15-16,19H,1-3,9-10,13-14H2,(H,25,28);3-4,6H,1-2,5H2. The molecule has 1 N–H and O–H groups in total. The van der Waals surface area contributed by atoms with Crippen molar-refractivity contribution in [3.63, 3.8) is 0 Å². The van der Waals surface area contributed by atoms with Crippen LogP contribution in [0.3, 0.4) is 0 Å². The van der Waals surface area contributed by atoms with E-state index in [0.29, 0.717) is 49.3 Å². The number of aromatic nitrogens is 1. The lowest BCUT2D eigenvalue weighted by atomic mass is 9.86. The number of halogens is 1. The van der Waals surface area contributed by atoms with E-state index in [0.717, 1.165) is 43.2 Å². The largest absolute Gasteiger partial charge is 0.351 e. The SMILES string of the molecule is N#Cc1ccnc(N2CCCC2=O)c1.O=CN(c1cccc(F)c1)C1(C(=O)NC2CCCCC2)CCc2ccccc21. The van der Waals surface area contributed by atoms with Crippen LogP contribution in [0.5, 0.6) is 0 Å². The van der Waals surface area contributed by atoms with Gasteiger partial charge in [0.2, 0.25) is 12.3 Å². The molecule has 1 aliphatic heterocycles. The third-order valence-corrected chi connectivity index (χ3v) is 8.36.